The molecule has 3 heterocycles. The van der Waals surface area contributed by atoms with Crippen molar-refractivity contribution in [1.29, 1.82) is 0 Å². The van der Waals surface area contributed by atoms with Gasteiger partial charge in [0.25, 0.3) is 5.91 Å². The van der Waals surface area contributed by atoms with E-state index in [1.54, 1.807) is 23.3 Å². The van der Waals surface area contributed by atoms with E-state index < -0.39 is 0 Å². The summed E-state index contributed by atoms with van der Waals surface area (Å²) < 4.78 is 10.6. The average molecular weight is 345 g/mol. The number of rotatable bonds is 3. The minimum absolute atomic E-state index is 0.0257. The third kappa shape index (κ3) is 2.47. The van der Waals surface area contributed by atoms with Gasteiger partial charge in [-0.1, -0.05) is 35.5 Å². The first-order valence-electron chi connectivity index (χ1n) is 8.43. The van der Waals surface area contributed by atoms with Crippen LogP contribution in [0.4, 0.5) is 0 Å². The Bertz CT molecular complexity index is 1080. The van der Waals surface area contributed by atoms with Crippen LogP contribution in [0.15, 0.2) is 69.8 Å². The first kappa shape index (κ1) is 14.9. The average Bonchev–Trinajstić information content (AvgIpc) is 3.31. The highest BCUT2D eigenvalue weighted by atomic mass is 16.5. The van der Waals surface area contributed by atoms with E-state index in [0.717, 1.165) is 10.8 Å². The topological polar surface area (TPSA) is 72.4 Å². The van der Waals surface area contributed by atoms with E-state index in [1.165, 1.54) is 0 Å². The Kier molecular flexibility index (Phi) is 3.35. The number of carbonyl (C=O) groups excluding carboxylic acids is 1. The summed E-state index contributed by atoms with van der Waals surface area (Å²) >= 11 is 0. The molecule has 2 aromatic heterocycles. The van der Waals surface area contributed by atoms with Crippen molar-refractivity contribution in [1.82, 2.24) is 15.0 Å². The van der Waals surface area contributed by atoms with Crippen LogP contribution >= 0.6 is 0 Å². The first-order chi connectivity index (χ1) is 12.8. The molecule has 6 nitrogen and oxygen atoms in total. The minimum atomic E-state index is 0.0257. The molecular weight excluding hydrogens is 330 g/mol. The Morgan fingerprint density at radius 2 is 1.88 bits per heavy atom. The molecule has 4 aromatic rings. The lowest BCUT2D eigenvalue weighted by Gasteiger charge is -2.37. The van der Waals surface area contributed by atoms with Crippen LogP contribution in [0.5, 0.6) is 0 Å². The van der Waals surface area contributed by atoms with Gasteiger partial charge in [-0.05, 0) is 35.0 Å². The summed E-state index contributed by atoms with van der Waals surface area (Å²) in [5, 5.41) is 6.13. The molecule has 1 fully saturated rings. The van der Waals surface area contributed by atoms with E-state index in [-0.39, 0.29) is 11.8 Å². The minimum Gasteiger partial charge on any atom is -0.461 e. The molecule has 0 spiro atoms. The predicted molar refractivity (Wildman–Crippen MR) is 94.6 cm³/mol. The Labute approximate surface area is 149 Å². The van der Waals surface area contributed by atoms with Gasteiger partial charge in [0, 0.05) is 18.7 Å². The van der Waals surface area contributed by atoms with Gasteiger partial charge in [-0.3, -0.25) is 4.79 Å². The van der Waals surface area contributed by atoms with E-state index in [2.05, 4.69) is 10.1 Å². The first-order valence-corrected chi connectivity index (χ1v) is 8.43. The van der Waals surface area contributed by atoms with Crippen molar-refractivity contribution in [3.05, 3.63) is 72.3 Å². The molecule has 128 valence electrons. The van der Waals surface area contributed by atoms with Crippen molar-refractivity contribution in [2.24, 2.45) is 0 Å². The second kappa shape index (κ2) is 5.84. The lowest BCUT2D eigenvalue weighted by molar-refractivity contribution is 0.0569. The fourth-order valence-electron chi connectivity index (χ4n) is 3.21. The van der Waals surface area contributed by atoms with Gasteiger partial charge >= 0.3 is 0 Å². The third-order valence-electron chi connectivity index (χ3n) is 4.70. The molecule has 0 unspecified atom stereocenters. The summed E-state index contributed by atoms with van der Waals surface area (Å²) in [6, 6.07) is 17.4. The number of benzene rings is 2. The largest absolute Gasteiger partial charge is 0.461 e. The summed E-state index contributed by atoms with van der Waals surface area (Å²) in [4.78, 5) is 18.9. The fourth-order valence-corrected chi connectivity index (χ4v) is 3.21. The lowest BCUT2D eigenvalue weighted by atomic mass is 9.98. The lowest BCUT2D eigenvalue weighted by Crippen LogP contribution is -2.48. The van der Waals surface area contributed by atoms with E-state index in [0.29, 0.717) is 36.1 Å². The third-order valence-corrected chi connectivity index (χ3v) is 4.70. The van der Waals surface area contributed by atoms with Crippen molar-refractivity contribution < 1.29 is 13.7 Å². The van der Waals surface area contributed by atoms with Gasteiger partial charge in [-0.15, -0.1) is 0 Å². The zero-order valence-electron chi connectivity index (χ0n) is 13.8. The van der Waals surface area contributed by atoms with Crippen LogP contribution < -0.4 is 0 Å². The smallest absolute Gasteiger partial charge is 0.253 e. The van der Waals surface area contributed by atoms with Gasteiger partial charge in [0.05, 0.1) is 12.2 Å². The van der Waals surface area contributed by atoms with Gasteiger partial charge < -0.3 is 13.8 Å². The Balaban J connectivity index is 1.29. The van der Waals surface area contributed by atoms with Crippen LogP contribution in [-0.2, 0) is 0 Å². The van der Waals surface area contributed by atoms with Gasteiger partial charge in [-0.25, -0.2) is 0 Å². The number of likely N-dealkylation sites (tertiary alicyclic amines) is 1. The van der Waals surface area contributed by atoms with Crippen molar-refractivity contribution in [3.8, 4) is 11.6 Å². The predicted octanol–water partition coefficient (Wildman–Crippen LogP) is 3.72. The summed E-state index contributed by atoms with van der Waals surface area (Å²) in [6.07, 6.45) is 1.57. The highest BCUT2D eigenvalue weighted by Gasteiger charge is 2.36. The monoisotopic (exact) mass is 345 g/mol. The molecule has 1 aliphatic heterocycles. The summed E-state index contributed by atoms with van der Waals surface area (Å²) in [7, 11) is 0. The number of nitrogens with zero attached hydrogens (tertiary/aromatic N) is 3. The van der Waals surface area contributed by atoms with Crippen LogP contribution in [0.3, 0.4) is 0 Å². The van der Waals surface area contributed by atoms with Crippen LogP contribution in [-0.4, -0.2) is 34.0 Å². The van der Waals surface area contributed by atoms with E-state index in [4.69, 9.17) is 8.94 Å². The standard InChI is InChI=1S/C20H15N3O3/c24-20(15-8-7-13-4-1-2-5-14(13)10-15)23-11-16(12-23)19-21-18(22-26-19)17-6-3-9-25-17/h1-10,16H,11-12H2. The van der Waals surface area contributed by atoms with Crippen molar-refractivity contribution in [2.45, 2.75) is 5.92 Å². The summed E-state index contributed by atoms with van der Waals surface area (Å²) in [5.74, 6) is 1.64. The maximum Gasteiger partial charge on any atom is 0.253 e. The van der Waals surface area contributed by atoms with Crippen LogP contribution in [0.2, 0.25) is 0 Å². The molecule has 0 saturated carbocycles. The normalized spacial score (nSPS) is 14.5. The molecule has 1 saturated heterocycles. The summed E-state index contributed by atoms with van der Waals surface area (Å²) in [6.45, 7) is 1.15. The maximum atomic E-state index is 12.7. The molecule has 0 aliphatic carbocycles. The molecule has 0 bridgehead atoms. The quantitative estimate of drug-likeness (QED) is 0.566. The number of fused-ring (bicyclic) bond motifs is 1. The maximum absolute atomic E-state index is 12.7. The van der Waals surface area contributed by atoms with Crippen molar-refractivity contribution in [3.63, 3.8) is 0 Å². The SMILES string of the molecule is O=C(c1ccc2ccccc2c1)N1CC(c2nc(-c3ccco3)no2)C1. The van der Waals surface area contributed by atoms with Gasteiger partial charge in [0.15, 0.2) is 5.76 Å². The number of hydrogen-bond acceptors (Lipinski definition) is 5. The second-order valence-electron chi connectivity index (χ2n) is 6.40. The Hall–Kier alpha value is -3.41. The Morgan fingerprint density at radius 3 is 2.69 bits per heavy atom. The number of furan rings is 1. The number of hydrogen-bond donors (Lipinski definition) is 0. The molecule has 0 N–H and O–H groups in total. The number of aromatic nitrogens is 2. The number of carbonyl (C=O) groups is 1. The van der Waals surface area contributed by atoms with Crippen molar-refractivity contribution >= 4 is 16.7 Å². The molecule has 2 aromatic carbocycles. The van der Waals surface area contributed by atoms with Crippen LogP contribution in [0.1, 0.15) is 22.2 Å². The molecule has 1 aliphatic rings. The summed E-state index contributed by atoms with van der Waals surface area (Å²) in [5.41, 5.74) is 0.698. The van der Waals surface area contributed by atoms with Gasteiger partial charge in [0.2, 0.25) is 11.7 Å². The molecule has 0 atom stereocenters. The van der Waals surface area contributed by atoms with Crippen molar-refractivity contribution in [2.75, 3.05) is 13.1 Å². The second-order valence-corrected chi connectivity index (χ2v) is 6.40. The van der Waals surface area contributed by atoms with E-state index in [1.807, 2.05) is 42.5 Å². The molecule has 6 heteroatoms. The molecule has 1 amide bonds. The zero-order valence-corrected chi connectivity index (χ0v) is 13.8. The molecular formula is C20H15N3O3. The highest BCUT2D eigenvalue weighted by Crippen LogP contribution is 2.29. The Morgan fingerprint density at radius 1 is 1.04 bits per heavy atom. The molecule has 26 heavy (non-hydrogen) atoms. The van der Waals surface area contributed by atoms with Crippen LogP contribution in [0, 0.1) is 0 Å². The molecule has 5 rings (SSSR count). The highest BCUT2D eigenvalue weighted by molar-refractivity contribution is 5.99. The fraction of sp³-hybridized carbons (Fsp3) is 0.150. The van der Waals surface area contributed by atoms with Gasteiger partial charge in [-0.2, -0.15) is 4.98 Å². The number of amides is 1. The van der Waals surface area contributed by atoms with Gasteiger partial charge in [0.1, 0.15) is 0 Å². The van der Waals surface area contributed by atoms with Crippen LogP contribution in [0.25, 0.3) is 22.4 Å². The van der Waals surface area contributed by atoms with E-state index in [9.17, 15) is 4.79 Å². The zero-order chi connectivity index (χ0) is 17.5. The molecule has 0 radical (unpaired) electrons. The van der Waals surface area contributed by atoms with E-state index >= 15 is 0 Å².